The van der Waals surface area contributed by atoms with E-state index in [-0.39, 0.29) is 0 Å². The van der Waals surface area contributed by atoms with Crippen molar-refractivity contribution in [2.45, 2.75) is 62.3 Å². The summed E-state index contributed by atoms with van der Waals surface area (Å²) in [6.07, 6.45) is 0. The third-order valence-corrected chi connectivity index (χ3v) is 4.86. The van der Waals surface area contributed by atoms with E-state index in [2.05, 4.69) is 62.3 Å². The average molecular weight is 226 g/mol. The molecule has 0 rings (SSSR count). The zero-order valence-corrected chi connectivity index (χ0v) is 13.0. The zero-order chi connectivity index (χ0) is 13.0. The highest BCUT2D eigenvalue weighted by molar-refractivity contribution is 4.79. The summed E-state index contributed by atoms with van der Waals surface area (Å²) in [4.78, 5) is 0. The molecule has 0 saturated carbocycles. The number of hydrogen-bond acceptors (Lipinski definition) is 0. The third-order valence-electron chi connectivity index (χ3n) is 4.86. The summed E-state index contributed by atoms with van der Waals surface area (Å²) in [6, 6.07) is 0. The Kier molecular flexibility index (Phi) is 6.67. The van der Waals surface area contributed by atoms with E-state index in [1.54, 1.807) is 0 Å². The van der Waals surface area contributed by atoms with E-state index in [0.717, 1.165) is 41.4 Å². The van der Waals surface area contributed by atoms with Crippen LogP contribution in [0.15, 0.2) is 0 Å². The van der Waals surface area contributed by atoms with Crippen molar-refractivity contribution < 1.29 is 0 Å². The SMILES string of the molecule is CC(C)C(C)C(C)C(C)C(C(C)C)C(C)C. The molecule has 0 N–H and O–H groups in total. The maximum Gasteiger partial charge on any atom is -0.0340 e. The van der Waals surface area contributed by atoms with Crippen molar-refractivity contribution in [3.63, 3.8) is 0 Å². The lowest BCUT2D eigenvalue weighted by atomic mass is 9.67. The van der Waals surface area contributed by atoms with Gasteiger partial charge in [-0.1, -0.05) is 62.3 Å². The van der Waals surface area contributed by atoms with Gasteiger partial charge in [-0.15, -0.1) is 0 Å². The molecule has 0 fully saturated rings. The molecule has 3 atom stereocenters. The van der Waals surface area contributed by atoms with Gasteiger partial charge in [0.15, 0.2) is 0 Å². The summed E-state index contributed by atoms with van der Waals surface area (Å²) >= 11 is 0. The van der Waals surface area contributed by atoms with Gasteiger partial charge in [-0.2, -0.15) is 0 Å². The molecule has 0 amide bonds. The minimum atomic E-state index is 0.803. The predicted octanol–water partition coefficient (Wildman–Crippen LogP) is 5.48. The highest BCUT2D eigenvalue weighted by Gasteiger charge is 2.31. The van der Waals surface area contributed by atoms with Gasteiger partial charge in [0.05, 0.1) is 0 Å². The van der Waals surface area contributed by atoms with Crippen LogP contribution in [0.25, 0.3) is 0 Å². The van der Waals surface area contributed by atoms with E-state index < -0.39 is 0 Å². The van der Waals surface area contributed by atoms with E-state index >= 15 is 0 Å². The average Bonchev–Trinajstić information content (AvgIpc) is 2.13. The van der Waals surface area contributed by atoms with Gasteiger partial charge in [-0.25, -0.2) is 0 Å². The van der Waals surface area contributed by atoms with Gasteiger partial charge in [0.25, 0.3) is 0 Å². The lowest BCUT2D eigenvalue weighted by molar-refractivity contribution is 0.106. The van der Waals surface area contributed by atoms with E-state index in [4.69, 9.17) is 0 Å². The summed E-state index contributed by atoms with van der Waals surface area (Å²) in [7, 11) is 0. The Bertz CT molecular complexity index is 170. The molecule has 0 heteroatoms. The van der Waals surface area contributed by atoms with Gasteiger partial charge in [-0.3, -0.25) is 0 Å². The summed E-state index contributed by atoms with van der Waals surface area (Å²) in [5.74, 6) is 5.75. The van der Waals surface area contributed by atoms with Crippen LogP contribution < -0.4 is 0 Å². The second-order valence-corrected chi connectivity index (χ2v) is 6.89. The monoisotopic (exact) mass is 226 g/mol. The van der Waals surface area contributed by atoms with Crippen molar-refractivity contribution in [1.29, 1.82) is 0 Å². The van der Waals surface area contributed by atoms with Gasteiger partial charge in [0.1, 0.15) is 0 Å². The molecule has 0 radical (unpaired) electrons. The molecule has 0 aliphatic rings. The molecule has 0 saturated heterocycles. The Labute approximate surface area is 104 Å². The fourth-order valence-corrected chi connectivity index (χ4v) is 3.42. The molecule has 0 bridgehead atoms. The van der Waals surface area contributed by atoms with Crippen molar-refractivity contribution in [2.75, 3.05) is 0 Å². The van der Waals surface area contributed by atoms with Gasteiger partial charge in [0.2, 0.25) is 0 Å². The van der Waals surface area contributed by atoms with Crippen LogP contribution in [0.2, 0.25) is 0 Å². The molecule has 16 heavy (non-hydrogen) atoms. The maximum atomic E-state index is 2.47. The molecule has 0 aromatic heterocycles. The Morgan fingerprint density at radius 3 is 1.00 bits per heavy atom. The van der Waals surface area contributed by atoms with Crippen molar-refractivity contribution in [1.82, 2.24) is 0 Å². The molecule has 0 aliphatic carbocycles. The first-order chi connectivity index (χ1) is 7.20. The molecule has 0 aromatic rings. The Hall–Kier alpha value is 0. The summed E-state index contributed by atoms with van der Waals surface area (Å²) in [6.45, 7) is 21.6. The molecule has 0 heterocycles. The summed E-state index contributed by atoms with van der Waals surface area (Å²) < 4.78 is 0. The lowest BCUT2D eigenvalue weighted by Crippen LogP contribution is -2.32. The Morgan fingerprint density at radius 2 is 0.750 bits per heavy atom. The van der Waals surface area contributed by atoms with Gasteiger partial charge < -0.3 is 0 Å². The Morgan fingerprint density at radius 1 is 0.375 bits per heavy atom. The third kappa shape index (κ3) is 4.11. The van der Waals surface area contributed by atoms with Gasteiger partial charge in [-0.05, 0) is 41.4 Å². The van der Waals surface area contributed by atoms with E-state index in [1.807, 2.05) is 0 Å². The smallest absolute Gasteiger partial charge is 0.0340 e. The minimum absolute atomic E-state index is 0.803. The van der Waals surface area contributed by atoms with E-state index in [9.17, 15) is 0 Å². The first kappa shape index (κ1) is 16.0. The van der Waals surface area contributed by atoms with Crippen LogP contribution in [-0.4, -0.2) is 0 Å². The lowest BCUT2D eigenvalue weighted by Gasteiger charge is -2.38. The van der Waals surface area contributed by atoms with Crippen LogP contribution in [0.4, 0.5) is 0 Å². The van der Waals surface area contributed by atoms with Crippen LogP contribution in [-0.2, 0) is 0 Å². The molecule has 0 aromatic carbocycles. The fraction of sp³-hybridized carbons (Fsp3) is 1.00. The summed E-state index contributed by atoms with van der Waals surface area (Å²) in [5.41, 5.74) is 0. The van der Waals surface area contributed by atoms with Crippen molar-refractivity contribution in [3.05, 3.63) is 0 Å². The quantitative estimate of drug-likeness (QED) is 0.562. The largest absolute Gasteiger partial charge is 0.0625 e. The predicted molar refractivity (Wildman–Crippen MR) is 75.5 cm³/mol. The molecular weight excluding hydrogens is 192 g/mol. The highest BCUT2D eigenvalue weighted by Crippen LogP contribution is 2.37. The zero-order valence-electron chi connectivity index (χ0n) is 13.0. The van der Waals surface area contributed by atoms with E-state index in [0.29, 0.717) is 0 Å². The molecule has 0 aliphatic heterocycles. The van der Waals surface area contributed by atoms with Crippen molar-refractivity contribution in [3.8, 4) is 0 Å². The first-order valence-electron chi connectivity index (χ1n) is 7.20. The van der Waals surface area contributed by atoms with Crippen molar-refractivity contribution >= 4 is 0 Å². The maximum absolute atomic E-state index is 2.47. The number of rotatable bonds is 6. The fourth-order valence-electron chi connectivity index (χ4n) is 3.42. The van der Waals surface area contributed by atoms with Crippen LogP contribution in [0.1, 0.15) is 62.3 Å². The topological polar surface area (TPSA) is 0 Å². The van der Waals surface area contributed by atoms with Crippen LogP contribution in [0.5, 0.6) is 0 Å². The molecule has 3 unspecified atom stereocenters. The standard InChI is InChI=1S/C16H34/c1-10(2)13(7)14(8)15(9)16(11(3)4)12(5)6/h10-16H,1-9H3. The van der Waals surface area contributed by atoms with Gasteiger partial charge in [0, 0.05) is 0 Å². The molecule has 0 spiro atoms. The highest BCUT2D eigenvalue weighted by atomic mass is 14.4. The summed E-state index contributed by atoms with van der Waals surface area (Å²) in [5, 5.41) is 0. The minimum Gasteiger partial charge on any atom is -0.0625 e. The molecule has 0 nitrogen and oxygen atoms in total. The van der Waals surface area contributed by atoms with Crippen LogP contribution >= 0.6 is 0 Å². The van der Waals surface area contributed by atoms with Crippen LogP contribution in [0, 0.1) is 41.4 Å². The van der Waals surface area contributed by atoms with E-state index in [1.165, 1.54) is 0 Å². The second kappa shape index (κ2) is 6.67. The first-order valence-corrected chi connectivity index (χ1v) is 7.20. The van der Waals surface area contributed by atoms with Gasteiger partial charge >= 0.3 is 0 Å². The second-order valence-electron chi connectivity index (χ2n) is 6.89. The molecular formula is C16H34. The number of hydrogen-bond donors (Lipinski definition) is 0. The molecule has 98 valence electrons. The van der Waals surface area contributed by atoms with Crippen LogP contribution in [0.3, 0.4) is 0 Å². The van der Waals surface area contributed by atoms with Crippen molar-refractivity contribution in [2.24, 2.45) is 41.4 Å². The normalized spacial score (nSPS) is 18.6. The Balaban J connectivity index is 4.67.